The zero-order valence-corrected chi connectivity index (χ0v) is 7.93. The number of imide groups is 1. The van der Waals surface area contributed by atoms with E-state index in [-0.39, 0.29) is 24.7 Å². The molecule has 0 bridgehead atoms. The highest BCUT2D eigenvalue weighted by Crippen LogP contribution is 1.99. The zero-order valence-electron chi connectivity index (χ0n) is 7.11. The second-order valence-corrected chi connectivity index (χ2v) is 5.09. The Morgan fingerprint density at radius 3 is 2.46 bits per heavy atom. The van der Waals surface area contributed by atoms with Gasteiger partial charge in [-0.2, -0.15) is 0 Å². The second kappa shape index (κ2) is 3.33. The molecule has 0 spiro atoms. The van der Waals surface area contributed by atoms with Crippen LogP contribution in [0.15, 0.2) is 0 Å². The summed E-state index contributed by atoms with van der Waals surface area (Å²) in [5.74, 6) is -0.569. The summed E-state index contributed by atoms with van der Waals surface area (Å²) in [4.78, 5) is 22.8. The fraction of sp³-hybridized carbons (Fsp3) is 0.667. The number of rotatable bonds is 3. The zero-order chi connectivity index (χ0) is 10.1. The normalized spacial score (nSPS) is 17.8. The van der Waals surface area contributed by atoms with E-state index in [1.165, 1.54) is 0 Å². The van der Waals surface area contributed by atoms with Crippen molar-refractivity contribution in [1.29, 1.82) is 0 Å². The fourth-order valence-corrected chi connectivity index (χ4v) is 1.45. The highest BCUT2D eigenvalue weighted by molar-refractivity contribution is 7.90. The standard InChI is InChI=1S/C6H10N2O4S/c1-13(11,12)3-2-8-5(9)4-7-6(8)10/h2-4H2,1H3,(H,7,10). The van der Waals surface area contributed by atoms with Gasteiger partial charge in [0.1, 0.15) is 9.84 Å². The molecule has 1 rings (SSSR count). The molecule has 0 aromatic carbocycles. The summed E-state index contributed by atoms with van der Waals surface area (Å²) in [7, 11) is -3.13. The molecule has 0 aromatic rings. The smallest absolute Gasteiger partial charge is 0.324 e. The molecule has 1 fully saturated rings. The summed E-state index contributed by atoms with van der Waals surface area (Å²) in [5, 5.41) is 2.30. The van der Waals surface area contributed by atoms with Crippen LogP contribution >= 0.6 is 0 Å². The number of sulfone groups is 1. The summed E-state index contributed by atoms with van der Waals surface area (Å²) in [5.41, 5.74) is 0. The number of urea groups is 1. The van der Waals surface area contributed by atoms with E-state index in [9.17, 15) is 18.0 Å². The summed E-state index contributed by atoms with van der Waals surface area (Å²) >= 11 is 0. The minimum atomic E-state index is -3.13. The van der Waals surface area contributed by atoms with E-state index in [0.717, 1.165) is 11.2 Å². The number of hydrogen-bond acceptors (Lipinski definition) is 4. The number of nitrogens with zero attached hydrogens (tertiary/aromatic N) is 1. The van der Waals surface area contributed by atoms with Crippen molar-refractivity contribution in [2.45, 2.75) is 0 Å². The van der Waals surface area contributed by atoms with Crippen molar-refractivity contribution in [3.63, 3.8) is 0 Å². The largest absolute Gasteiger partial charge is 0.329 e. The van der Waals surface area contributed by atoms with Crippen LogP contribution in [0.2, 0.25) is 0 Å². The van der Waals surface area contributed by atoms with E-state index >= 15 is 0 Å². The lowest BCUT2D eigenvalue weighted by molar-refractivity contribution is -0.124. The molecule has 0 aliphatic carbocycles. The van der Waals surface area contributed by atoms with Crippen LogP contribution in [-0.4, -0.2) is 50.4 Å². The summed E-state index contributed by atoms with van der Waals surface area (Å²) in [6.07, 6.45) is 1.06. The molecular formula is C6H10N2O4S. The molecule has 0 aromatic heterocycles. The monoisotopic (exact) mass is 206 g/mol. The third kappa shape index (κ3) is 2.69. The third-order valence-electron chi connectivity index (χ3n) is 1.62. The Labute approximate surface area is 75.8 Å². The van der Waals surface area contributed by atoms with Crippen LogP contribution in [0.3, 0.4) is 0 Å². The SMILES string of the molecule is CS(=O)(=O)CCN1C(=O)CNC1=O. The van der Waals surface area contributed by atoms with Crippen molar-refractivity contribution in [2.24, 2.45) is 0 Å². The Balaban J connectivity index is 2.54. The molecule has 1 heterocycles. The van der Waals surface area contributed by atoms with Crippen LogP contribution in [0.4, 0.5) is 4.79 Å². The molecule has 0 saturated carbocycles. The van der Waals surface area contributed by atoms with Gasteiger partial charge in [0.25, 0.3) is 0 Å². The first kappa shape index (κ1) is 9.97. The molecule has 6 nitrogen and oxygen atoms in total. The molecule has 3 amide bonds. The van der Waals surface area contributed by atoms with Crippen LogP contribution in [0.25, 0.3) is 0 Å². The summed E-state index contributed by atoms with van der Waals surface area (Å²) in [6.45, 7) is -0.105. The first-order chi connectivity index (χ1) is 5.90. The molecule has 1 N–H and O–H groups in total. The van der Waals surface area contributed by atoms with Gasteiger partial charge in [0.05, 0.1) is 12.3 Å². The average molecular weight is 206 g/mol. The minimum Gasteiger partial charge on any atom is -0.329 e. The number of amides is 3. The van der Waals surface area contributed by atoms with Gasteiger partial charge in [0, 0.05) is 12.8 Å². The van der Waals surface area contributed by atoms with Crippen LogP contribution in [0, 0.1) is 0 Å². The van der Waals surface area contributed by atoms with Gasteiger partial charge in [0.2, 0.25) is 5.91 Å². The fourth-order valence-electron chi connectivity index (χ4n) is 0.939. The molecule has 7 heteroatoms. The quantitative estimate of drug-likeness (QED) is 0.574. The summed E-state index contributed by atoms with van der Waals surface area (Å²) in [6, 6.07) is -0.520. The Morgan fingerprint density at radius 1 is 1.46 bits per heavy atom. The molecule has 1 aliphatic rings. The molecule has 1 saturated heterocycles. The van der Waals surface area contributed by atoms with Gasteiger partial charge in [0.15, 0.2) is 0 Å². The first-order valence-corrected chi connectivity index (χ1v) is 5.72. The topological polar surface area (TPSA) is 83.6 Å². The Bertz CT molecular complexity index is 319. The van der Waals surface area contributed by atoms with E-state index < -0.39 is 15.9 Å². The number of nitrogens with one attached hydrogen (secondary N) is 1. The van der Waals surface area contributed by atoms with Crippen molar-refractivity contribution >= 4 is 21.8 Å². The molecule has 0 unspecified atom stereocenters. The minimum absolute atomic E-state index is 0.0391. The van der Waals surface area contributed by atoms with Crippen molar-refractivity contribution in [3.05, 3.63) is 0 Å². The van der Waals surface area contributed by atoms with E-state index in [1.807, 2.05) is 0 Å². The van der Waals surface area contributed by atoms with E-state index in [4.69, 9.17) is 0 Å². The number of hydrogen-bond donors (Lipinski definition) is 1. The maximum absolute atomic E-state index is 10.9. The van der Waals surface area contributed by atoms with Crippen molar-refractivity contribution in [3.8, 4) is 0 Å². The van der Waals surface area contributed by atoms with Gasteiger partial charge >= 0.3 is 6.03 Å². The molecule has 74 valence electrons. The maximum atomic E-state index is 10.9. The van der Waals surface area contributed by atoms with Crippen LogP contribution in [0.5, 0.6) is 0 Å². The molecule has 1 aliphatic heterocycles. The number of carbonyl (C=O) groups is 2. The lowest BCUT2D eigenvalue weighted by Gasteiger charge is -2.10. The van der Waals surface area contributed by atoms with Crippen molar-refractivity contribution in [2.75, 3.05) is 25.1 Å². The molecule has 0 radical (unpaired) electrons. The molecule has 0 atom stereocenters. The van der Waals surface area contributed by atoms with Crippen LogP contribution in [0.1, 0.15) is 0 Å². The summed E-state index contributed by atoms with van der Waals surface area (Å²) < 4.78 is 21.5. The van der Waals surface area contributed by atoms with Crippen LogP contribution in [-0.2, 0) is 14.6 Å². The van der Waals surface area contributed by atoms with Gasteiger partial charge in [-0.25, -0.2) is 13.2 Å². The first-order valence-electron chi connectivity index (χ1n) is 3.66. The highest BCUT2D eigenvalue weighted by atomic mass is 32.2. The number of carbonyl (C=O) groups excluding carboxylic acids is 2. The molecular weight excluding hydrogens is 196 g/mol. The predicted octanol–water partition coefficient (Wildman–Crippen LogP) is -1.42. The van der Waals surface area contributed by atoms with Gasteiger partial charge in [-0.05, 0) is 0 Å². The van der Waals surface area contributed by atoms with Crippen molar-refractivity contribution in [1.82, 2.24) is 10.2 Å². The lowest BCUT2D eigenvalue weighted by Crippen LogP contribution is -2.34. The lowest BCUT2D eigenvalue weighted by atomic mass is 10.5. The van der Waals surface area contributed by atoms with Crippen LogP contribution < -0.4 is 5.32 Å². The van der Waals surface area contributed by atoms with E-state index in [2.05, 4.69) is 5.32 Å². The maximum Gasteiger partial charge on any atom is 0.324 e. The average Bonchev–Trinajstić information content (AvgIpc) is 2.27. The third-order valence-corrected chi connectivity index (χ3v) is 2.55. The molecule has 13 heavy (non-hydrogen) atoms. The predicted molar refractivity (Wildman–Crippen MR) is 44.8 cm³/mol. The van der Waals surface area contributed by atoms with Gasteiger partial charge in [-0.3, -0.25) is 9.69 Å². The Hall–Kier alpha value is -1.11. The van der Waals surface area contributed by atoms with Gasteiger partial charge in [-0.1, -0.05) is 0 Å². The van der Waals surface area contributed by atoms with E-state index in [0.29, 0.717) is 0 Å². The van der Waals surface area contributed by atoms with Gasteiger partial charge < -0.3 is 5.32 Å². The second-order valence-electron chi connectivity index (χ2n) is 2.83. The Morgan fingerprint density at radius 2 is 2.08 bits per heavy atom. The van der Waals surface area contributed by atoms with Crippen molar-refractivity contribution < 1.29 is 18.0 Å². The van der Waals surface area contributed by atoms with Gasteiger partial charge in [-0.15, -0.1) is 0 Å². The van der Waals surface area contributed by atoms with E-state index in [1.54, 1.807) is 0 Å². The highest BCUT2D eigenvalue weighted by Gasteiger charge is 2.28. The Kier molecular flexibility index (Phi) is 2.55.